The van der Waals surface area contributed by atoms with Gasteiger partial charge in [0.05, 0.1) is 27.7 Å². The van der Waals surface area contributed by atoms with E-state index in [4.69, 9.17) is 18.5 Å². The van der Waals surface area contributed by atoms with Crippen LogP contribution in [0.5, 0.6) is 0 Å². The molecule has 9 nitrogen and oxygen atoms in total. The molecule has 0 aromatic rings. The van der Waals surface area contributed by atoms with Gasteiger partial charge < -0.3 is 18.9 Å². The number of allylic oxidation sites excluding steroid dienone is 38. The minimum Gasteiger partial charge on any atom is -0.462 e. The van der Waals surface area contributed by atoms with Crippen molar-refractivity contribution in [2.45, 2.75) is 302 Å². The monoisotopic (exact) mass is 1450 g/mol. The molecule has 0 saturated heterocycles. The molecular formula is C94H151NO8P+. The van der Waals surface area contributed by atoms with Gasteiger partial charge in [0.2, 0.25) is 0 Å². The van der Waals surface area contributed by atoms with Gasteiger partial charge in [-0.3, -0.25) is 18.6 Å². The van der Waals surface area contributed by atoms with Gasteiger partial charge in [0.25, 0.3) is 0 Å². The summed E-state index contributed by atoms with van der Waals surface area (Å²) in [7, 11) is 1.44. The summed E-state index contributed by atoms with van der Waals surface area (Å²) in [5, 5.41) is 0. The summed E-state index contributed by atoms with van der Waals surface area (Å²) in [6.45, 7) is 4.17. The summed E-state index contributed by atoms with van der Waals surface area (Å²) in [6, 6.07) is 0. The second-order valence-corrected chi connectivity index (χ2v) is 29.1. The average Bonchev–Trinajstić information content (AvgIpc) is 0.915. The highest BCUT2D eigenvalue weighted by Gasteiger charge is 2.27. The highest BCUT2D eigenvalue weighted by atomic mass is 31.2. The molecule has 0 saturated carbocycles. The van der Waals surface area contributed by atoms with Crippen LogP contribution >= 0.6 is 7.82 Å². The predicted molar refractivity (Wildman–Crippen MR) is 454 cm³/mol. The molecule has 10 heteroatoms. The number of ether oxygens (including phenoxy) is 2. The Labute approximate surface area is 639 Å². The van der Waals surface area contributed by atoms with Crippen LogP contribution in [-0.4, -0.2) is 74.9 Å². The smallest absolute Gasteiger partial charge is 0.462 e. The lowest BCUT2D eigenvalue weighted by atomic mass is 10.0. The van der Waals surface area contributed by atoms with Crippen LogP contribution in [0.4, 0.5) is 0 Å². The van der Waals surface area contributed by atoms with Gasteiger partial charge in [-0.25, -0.2) is 4.57 Å². The molecule has 2 unspecified atom stereocenters. The number of nitrogens with zero attached hydrogens (tertiary/aromatic N) is 1. The first-order valence-electron chi connectivity index (χ1n) is 41.1. The molecule has 0 aromatic carbocycles. The third-order valence-corrected chi connectivity index (χ3v) is 17.7. The molecule has 0 fully saturated rings. The van der Waals surface area contributed by atoms with Crippen molar-refractivity contribution >= 4 is 19.8 Å². The van der Waals surface area contributed by atoms with E-state index in [1.165, 1.54) is 89.9 Å². The van der Waals surface area contributed by atoms with Crippen molar-refractivity contribution in [3.8, 4) is 0 Å². The second-order valence-electron chi connectivity index (χ2n) is 27.7. The quantitative estimate of drug-likeness (QED) is 0.0211. The molecular weight excluding hydrogens is 1300 g/mol. The Morgan fingerprint density at radius 2 is 0.519 bits per heavy atom. The molecule has 2 atom stereocenters. The van der Waals surface area contributed by atoms with E-state index in [0.29, 0.717) is 17.4 Å². The Kier molecular flexibility index (Phi) is 76.5. The van der Waals surface area contributed by atoms with Gasteiger partial charge in [0.1, 0.15) is 19.8 Å². The molecule has 0 aromatic heterocycles. The van der Waals surface area contributed by atoms with Crippen LogP contribution in [0.3, 0.4) is 0 Å². The third-order valence-electron chi connectivity index (χ3n) is 16.7. The Morgan fingerprint density at radius 3 is 0.769 bits per heavy atom. The van der Waals surface area contributed by atoms with E-state index in [-0.39, 0.29) is 32.0 Å². The Hall–Kier alpha value is -5.93. The van der Waals surface area contributed by atoms with Crippen LogP contribution in [-0.2, 0) is 32.7 Å². The Morgan fingerprint density at radius 1 is 0.298 bits per heavy atom. The Balaban J connectivity index is 4.09. The van der Waals surface area contributed by atoms with Crippen LogP contribution in [0.1, 0.15) is 296 Å². The van der Waals surface area contributed by atoms with Crippen molar-refractivity contribution in [1.29, 1.82) is 0 Å². The average molecular weight is 1450 g/mol. The normalized spacial score (nSPS) is 14.2. The maximum Gasteiger partial charge on any atom is 0.472 e. The zero-order chi connectivity index (χ0) is 75.4. The van der Waals surface area contributed by atoms with Crippen LogP contribution < -0.4 is 0 Å². The van der Waals surface area contributed by atoms with Crippen LogP contribution in [0.2, 0.25) is 0 Å². The minimum absolute atomic E-state index is 0.0170. The summed E-state index contributed by atoms with van der Waals surface area (Å²) >= 11 is 0. The van der Waals surface area contributed by atoms with Crippen molar-refractivity contribution in [2.24, 2.45) is 0 Å². The summed E-state index contributed by atoms with van der Waals surface area (Å²) in [4.78, 5) is 36.0. The second kappa shape index (κ2) is 81.2. The molecule has 584 valence electrons. The SMILES string of the molecule is CC/C=C\C/C=C\C/C=C\C/C=C\C/C=C\C/C=C\C/C=C\C/C=C\C/C=C\C/C=C\C/C=C\CCCCCCCC(=O)OC(COC(=O)CCCCCCCCCCCCCCCCCC/C=C\C/C=C\C/C=C\C/C=C\C/C=C\C/C=C\C/C=C\C/C=C\CC)COP(=O)(O)OCC[N+](C)(C)C. The van der Waals surface area contributed by atoms with Gasteiger partial charge in [0, 0.05) is 12.8 Å². The molecule has 0 bridgehead atoms. The highest BCUT2D eigenvalue weighted by molar-refractivity contribution is 7.47. The van der Waals surface area contributed by atoms with E-state index < -0.39 is 26.5 Å². The fourth-order valence-corrected chi connectivity index (χ4v) is 11.2. The van der Waals surface area contributed by atoms with Gasteiger partial charge >= 0.3 is 19.8 Å². The fraction of sp³-hybridized carbons (Fsp3) is 0.574. The number of esters is 2. The zero-order valence-electron chi connectivity index (χ0n) is 66.7. The van der Waals surface area contributed by atoms with Gasteiger partial charge in [0.15, 0.2) is 6.10 Å². The van der Waals surface area contributed by atoms with Crippen molar-refractivity contribution < 1.29 is 42.1 Å². The minimum atomic E-state index is -4.42. The van der Waals surface area contributed by atoms with Crippen LogP contribution in [0.25, 0.3) is 0 Å². The van der Waals surface area contributed by atoms with Crippen molar-refractivity contribution in [1.82, 2.24) is 0 Å². The Bertz CT molecular complexity index is 2620. The molecule has 0 radical (unpaired) electrons. The molecule has 0 amide bonds. The molecule has 1 N–H and O–H groups in total. The van der Waals surface area contributed by atoms with Crippen LogP contribution in [0, 0.1) is 0 Å². The van der Waals surface area contributed by atoms with E-state index in [1.807, 2.05) is 21.1 Å². The van der Waals surface area contributed by atoms with E-state index in [9.17, 15) is 19.0 Å². The molecule has 0 aliphatic heterocycles. The maximum absolute atomic E-state index is 12.9. The number of phosphoric acid groups is 1. The van der Waals surface area contributed by atoms with E-state index >= 15 is 0 Å². The predicted octanol–water partition coefficient (Wildman–Crippen LogP) is 28.1. The van der Waals surface area contributed by atoms with Gasteiger partial charge in [-0.1, -0.05) is 354 Å². The van der Waals surface area contributed by atoms with Crippen molar-refractivity contribution in [3.63, 3.8) is 0 Å². The number of likely N-dealkylation sites (N-methyl/N-ethyl adjacent to an activating group) is 1. The maximum atomic E-state index is 12.9. The summed E-state index contributed by atoms with van der Waals surface area (Å²) < 4.78 is 34.8. The molecule has 0 heterocycles. The number of unbranched alkanes of at least 4 members (excludes halogenated alkanes) is 21. The number of phosphoric ester groups is 1. The standard InChI is InChI=1S/C94H150NO8P/c1-6-8-10-12-14-16-18-20-22-24-26-28-30-32-34-36-38-40-42-44-46-47-49-50-52-54-56-58-60-62-64-66-68-70-72-74-76-78-80-82-84-86-93(96)100-90-92(91-102-104(98,99)101-89-88-95(3,4)5)103-94(97)87-85-83-81-79-77-75-73-71-69-67-65-63-61-59-57-55-53-51-48-45-43-41-39-37-35-33-31-29-27-25-23-21-19-17-15-13-11-9-7-2/h8-11,14-17,20-23,26-29,32-35,38-41,44-46,48-50,53,55,59,61,65,67,71,73,92H,6-7,12-13,18-19,24-25,30-31,36-37,42-43,47,51-52,54,56-58,60,62-64,66,68-70,72,74-91H2,1-5H3/p+1/b10-8-,11-9-,16-14-,17-15-,22-20-,23-21-,28-26-,29-27-,34-32-,35-33-,40-38-,41-39-,46-44-,48-45-,50-49-,55-53-,61-59-,67-65-,73-71-. The lowest BCUT2D eigenvalue weighted by Gasteiger charge is -2.24. The van der Waals surface area contributed by atoms with Gasteiger partial charge in [-0.15, -0.1) is 0 Å². The summed E-state index contributed by atoms with van der Waals surface area (Å²) in [5.41, 5.74) is 0. The van der Waals surface area contributed by atoms with E-state index in [1.54, 1.807) is 0 Å². The largest absolute Gasteiger partial charge is 0.472 e. The first-order valence-corrected chi connectivity index (χ1v) is 42.6. The number of hydrogen-bond acceptors (Lipinski definition) is 7. The van der Waals surface area contributed by atoms with Gasteiger partial charge in [-0.2, -0.15) is 0 Å². The number of carbonyl (C=O) groups is 2. The highest BCUT2D eigenvalue weighted by Crippen LogP contribution is 2.43. The molecule has 0 aliphatic carbocycles. The first-order chi connectivity index (χ1) is 51.0. The van der Waals surface area contributed by atoms with Crippen molar-refractivity contribution in [2.75, 3.05) is 47.5 Å². The van der Waals surface area contributed by atoms with Crippen molar-refractivity contribution in [3.05, 3.63) is 231 Å². The number of carbonyl (C=O) groups excluding carboxylic acids is 2. The summed E-state index contributed by atoms with van der Waals surface area (Å²) in [5.74, 6) is -0.829. The number of hydrogen-bond donors (Lipinski definition) is 1. The lowest BCUT2D eigenvalue weighted by Crippen LogP contribution is -2.37. The van der Waals surface area contributed by atoms with Gasteiger partial charge in [-0.05, 0) is 161 Å². The topological polar surface area (TPSA) is 108 Å². The molecule has 0 spiro atoms. The fourth-order valence-electron chi connectivity index (χ4n) is 10.5. The summed E-state index contributed by atoms with van der Waals surface area (Å²) in [6.07, 6.45) is 130. The number of rotatable bonds is 73. The molecule has 0 rings (SSSR count). The third kappa shape index (κ3) is 85.0. The van der Waals surface area contributed by atoms with E-state index in [2.05, 4.69) is 245 Å². The lowest BCUT2D eigenvalue weighted by molar-refractivity contribution is -0.870. The zero-order valence-corrected chi connectivity index (χ0v) is 67.6. The first kappa shape index (κ1) is 98.1. The molecule has 0 aliphatic rings. The van der Waals surface area contributed by atoms with E-state index in [0.717, 1.165) is 173 Å². The molecule has 104 heavy (non-hydrogen) atoms. The van der Waals surface area contributed by atoms with Crippen LogP contribution in [0.15, 0.2) is 231 Å². The number of quaternary nitrogens is 1.